The molecule has 3 heterocycles. The number of pyridine rings is 2. The summed E-state index contributed by atoms with van der Waals surface area (Å²) in [5.74, 6) is 0.0289. The lowest BCUT2D eigenvalue weighted by molar-refractivity contribution is -0.617. The summed E-state index contributed by atoms with van der Waals surface area (Å²) < 4.78 is 2.36. The molecule has 9 heteroatoms. The summed E-state index contributed by atoms with van der Waals surface area (Å²) in [5, 5.41) is 25.0. The maximum atomic E-state index is 13.1. The molecule has 1 aliphatic carbocycles. The molecule has 1 unspecified atom stereocenters. The fraction of sp³-hybridized carbons (Fsp3) is 0.240. The van der Waals surface area contributed by atoms with E-state index in [1.807, 2.05) is 41.3 Å². The smallest absolute Gasteiger partial charge is 0.227 e. The molecule has 0 N–H and O–H groups in total. The Morgan fingerprint density at radius 2 is 1.74 bits per heavy atom. The molecule has 0 saturated carbocycles. The standard InChI is InChI=1S/C25H22BrClN4O3/c26-20-14-19-2-1-18-15-21(27)3-4-22(18)25(24(19)31(34)16-20)29-11-9-28(10-12-29)23(32)13-17-5-7-30(33)8-6-17/h1-8,14-16,25H,9-13H2. The lowest BCUT2D eigenvalue weighted by Gasteiger charge is -2.39. The van der Waals surface area contributed by atoms with Crippen molar-refractivity contribution in [3.63, 3.8) is 0 Å². The van der Waals surface area contributed by atoms with E-state index in [9.17, 15) is 15.2 Å². The lowest BCUT2D eigenvalue weighted by atomic mass is 9.95. The molecule has 7 nitrogen and oxygen atoms in total. The van der Waals surface area contributed by atoms with Crippen LogP contribution in [-0.4, -0.2) is 41.9 Å². The van der Waals surface area contributed by atoms with E-state index in [0.717, 1.165) is 27.0 Å². The molecule has 2 aliphatic rings. The van der Waals surface area contributed by atoms with E-state index in [4.69, 9.17) is 11.6 Å². The van der Waals surface area contributed by atoms with Crippen molar-refractivity contribution in [1.29, 1.82) is 0 Å². The highest BCUT2D eigenvalue weighted by molar-refractivity contribution is 9.10. The summed E-state index contributed by atoms with van der Waals surface area (Å²) in [5.41, 5.74) is 4.31. The summed E-state index contributed by atoms with van der Waals surface area (Å²) in [4.78, 5) is 17.0. The summed E-state index contributed by atoms with van der Waals surface area (Å²) in [6.07, 6.45) is 8.54. The highest BCUT2D eigenvalue weighted by Gasteiger charge is 2.36. The van der Waals surface area contributed by atoms with Gasteiger partial charge in [0.1, 0.15) is 6.04 Å². The van der Waals surface area contributed by atoms with Crippen LogP contribution in [0.4, 0.5) is 0 Å². The minimum absolute atomic E-state index is 0.0289. The third kappa shape index (κ3) is 4.53. The molecule has 34 heavy (non-hydrogen) atoms. The fourth-order valence-corrected chi connectivity index (χ4v) is 5.31. The van der Waals surface area contributed by atoms with Gasteiger partial charge in [-0.05, 0) is 56.9 Å². The van der Waals surface area contributed by atoms with Crippen molar-refractivity contribution in [2.75, 3.05) is 26.2 Å². The third-order valence-corrected chi connectivity index (χ3v) is 7.04. The largest absolute Gasteiger partial charge is 0.619 e. The quantitative estimate of drug-likeness (QED) is 0.377. The summed E-state index contributed by atoms with van der Waals surface area (Å²) in [6.45, 7) is 2.38. The van der Waals surface area contributed by atoms with E-state index in [1.165, 1.54) is 18.6 Å². The molecule has 3 aromatic rings. The number of aromatic nitrogens is 2. The van der Waals surface area contributed by atoms with Gasteiger partial charge in [0.05, 0.1) is 10.9 Å². The molecule has 1 atom stereocenters. The number of carbonyl (C=O) groups excluding carboxylic acids is 1. The number of benzene rings is 1. The zero-order valence-electron chi connectivity index (χ0n) is 18.2. The maximum Gasteiger partial charge on any atom is 0.227 e. The van der Waals surface area contributed by atoms with Crippen LogP contribution in [0, 0.1) is 10.4 Å². The van der Waals surface area contributed by atoms with Crippen molar-refractivity contribution in [2.24, 2.45) is 0 Å². The van der Waals surface area contributed by atoms with Crippen LogP contribution in [0.25, 0.3) is 12.2 Å². The average Bonchev–Trinajstić information content (AvgIpc) is 2.97. The molecule has 1 fully saturated rings. The summed E-state index contributed by atoms with van der Waals surface area (Å²) in [6, 6.07) is 10.8. The first-order chi connectivity index (χ1) is 16.4. The second kappa shape index (κ2) is 9.37. The van der Waals surface area contributed by atoms with Crippen LogP contribution >= 0.6 is 27.5 Å². The Bertz CT molecular complexity index is 1270. The van der Waals surface area contributed by atoms with Gasteiger partial charge >= 0.3 is 0 Å². The Morgan fingerprint density at radius 3 is 2.47 bits per heavy atom. The highest BCUT2D eigenvalue weighted by atomic mass is 79.9. The minimum Gasteiger partial charge on any atom is -0.619 e. The zero-order valence-corrected chi connectivity index (χ0v) is 20.6. The molecule has 0 bridgehead atoms. The summed E-state index contributed by atoms with van der Waals surface area (Å²) in [7, 11) is 0. The van der Waals surface area contributed by atoms with Crippen LogP contribution in [-0.2, 0) is 11.2 Å². The molecule has 1 aliphatic heterocycles. The Labute approximate surface area is 210 Å². The van der Waals surface area contributed by atoms with E-state index in [1.54, 1.807) is 12.1 Å². The van der Waals surface area contributed by atoms with E-state index in [0.29, 0.717) is 46.1 Å². The Balaban J connectivity index is 1.40. The first-order valence-corrected chi connectivity index (χ1v) is 12.2. The Kier molecular flexibility index (Phi) is 6.29. The van der Waals surface area contributed by atoms with E-state index in [2.05, 4.69) is 20.8 Å². The van der Waals surface area contributed by atoms with Gasteiger partial charge in [-0.1, -0.05) is 23.7 Å². The molecule has 1 aromatic carbocycles. The molecule has 174 valence electrons. The molecular formula is C25H22BrClN4O3. The topological polar surface area (TPSA) is 77.4 Å². The van der Waals surface area contributed by atoms with Gasteiger partial charge in [-0.3, -0.25) is 9.69 Å². The Hall–Kier alpha value is -2.94. The number of hydrogen-bond acceptors (Lipinski definition) is 4. The van der Waals surface area contributed by atoms with Crippen molar-refractivity contribution in [3.8, 4) is 0 Å². The average molecular weight is 542 g/mol. The van der Waals surface area contributed by atoms with E-state index < -0.39 is 0 Å². The molecule has 2 aromatic heterocycles. The molecular weight excluding hydrogens is 520 g/mol. The number of halogens is 2. The van der Waals surface area contributed by atoms with Crippen LogP contribution in [0.5, 0.6) is 0 Å². The van der Waals surface area contributed by atoms with Crippen LogP contribution in [0.2, 0.25) is 5.02 Å². The van der Waals surface area contributed by atoms with Crippen LogP contribution in [0.1, 0.15) is 34.0 Å². The highest BCUT2D eigenvalue weighted by Crippen LogP contribution is 2.37. The van der Waals surface area contributed by atoms with Crippen molar-refractivity contribution >= 4 is 45.6 Å². The predicted molar refractivity (Wildman–Crippen MR) is 133 cm³/mol. The van der Waals surface area contributed by atoms with E-state index >= 15 is 0 Å². The number of amides is 1. The number of nitrogens with zero attached hydrogens (tertiary/aromatic N) is 4. The van der Waals surface area contributed by atoms with Crippen molar-refractivity contribution < 1.29 is 14.3 Å². The minimum atomic E-state index is -0.262. The molecule has 5 rings (SSSR count). The predicted octanol–water partition coefficient (Wildman–Crippen LogP) is 3.33. The van der Waals surface area contributed by atoms with Gasteiger partial charge in [-0.25, -0.2) is 0 Å². The number of piperazine rings is 1. The molecule has 0 spiro atoms. The normalized spacial score (nSPS) is 17.7. The van der Waals surface area contributed by atoms with Gasteiger partial charge in [-0.15, -0.1) is 0 Å². The van der Waals surface area contributed by atoms with Crippen LogP contribution in [0.15, 0.2) is 59.5 Å². The number of fused-ring (bicyclic) bond motifs is 2. The van der Waals surface area contributed by atoms with Gasteiger partial charge in [0, 0.05) is 48.9 Å². The lowest BCUT2D eigenvalue weighted by Crippen LogP contribution is -2.52. The number of rotatable bonds is 3. The van der Waals surface area contributed by atoms with Crippen molar-refractivity contribution in [3.05, 3.63) is 103 Å². The molecule has 0 radical (unpaired) electrons. The third-order valence-electron chi connectivity index (χ3n) is 6.37. The summed E-state index contributed by atoms with van der Waals surface area (Å²) >= 11 is 9.71. The maximum absolute atomic E-state index is 13.1. The SMILES string of the molecule is O=C(Cc1cc[n+]([O-])cc1)N1CCN(C2c3ccc(Cl)cc3C=Cc3cc(Br)c[n+]([O-])c32)CC1. The van der Waals surface area contributed by atoms with Gasteiger partial charge in [-0.2, -0.15) is 9.46 Å². The molecule has 1 saturated heterocycles. The van der Waals surface area contributed by atoms with Gasteiger partial charge in [0.25, 0.3) is 0 Å². The van der Waals surface area contributed by atoms with E-state index in [-0.39, 0.29) is 18.4 Å². The van der Waals surface area contributed by atoms with Crippen molar-refractivity contribution in [1.82, 2.24) is 9.80 Å². The van der Waals surface area contributed by atoms with Gasteiger partial charge in [0.15, 0.2) is 18.6 Å². The first-order valence-electron chi connectivity index (χ1n) is 11.0. The number of carbonyl (C=O) groups is 1. The first kappa shape index (κ1) is 22.8. The Morgan fingerprint density at radius 1 is 1.03 bits per heavy atom. The van der Waals surface area contributed by atoms with Crippen LogP contribution < -0.4 is 9.46 Å². The number of hydrogen-bond donors (Lipinski definition) is 0. The second-order valence-corrected chi connectivity index (χ2v) is 9.85. The molecule has 1 amide bonds. The monoisotopic (exact) mass is 540 g/mol. The van der Waals surface area contributed by atoms with Crippen LogP contribution in [0.3, 0.4) is 0 Å². The van der Waals surface area contributed by atoms with Crippen molar-refractivity contribution in [2.45, 2.75) is 12.5 Å². The van der Waals surface area contributed by atoms with Gasteiger partial charge < -0.3 is 15.3 Å². The second-order valence-electron chi connectivity index (χ2n) is 8.49. The zero-order chi connectivity index (χ0) is 23.8. The fourth-order valence-electron chi connectivity index (χ4n) is 4.69. The van der Waals surface area contributed by atoms with Gasteiger partial charge in [0.2, 0.25) is 11.6 Å².